The zero-order chi connectivity index (χ0) is 24.6. The average molecular weight is 520 g/mol. The third kappa shape index (κ3) is 8.14. The van der Waals surface area contributed by atoms with E-state index in [4.69, 9.17) is 32.7 Å². The largest absolute Gasteiger partial charge is 0.511 e. The molecule has 33 heavy (non-hydrogen) atoms. The van der Waals surface area contributed by atoms with Crippen LogP contribution in [0.15, 0.2) is 17.7 Å². The molecular weight excluding hydrogens is 506 g/mol. The number of halogens is 5. The Bertz CT molecular complexity index is 925. The van der Waals surface area contributed by atoms with E-state index in [2.05, 4.69) is 19.0 Å². The highest BCUT2D eigenvalue weighted by molar-refractivity contribution is 6.36. The highest BCUT2D eigenvalue weighted by Gasteiger charge is 2.49. The molecule has 1 heterocycles. The molecule has 2 rings (SSSR count). The number of benzene rings is 1. The zero-order valence-corrected chi connectivity index (χ0v) is 17.8. The second-order valence-corrected chi connectivity index (χ2v) is 6.75. The molecule has 0 aliphatic carbocycles. The summed E-state index contributed by atoms with van der Waals surface area (Å²) < 4.78 is 63.4. The van der Waals surface area contributed by atoms with E-state index < -0.39 is 41.9 Å². The molecule has 16 heteroatoms. The van der Waals surface area contributed by atoms with Crippen LogP contribution in [-0.4, -0.2) is 62.7 Å². The summed E-state index contributed by atoms with van der Waals surface area (Å²) in [6.45, 7) is -2.00. The monoisotopic (exact) mass is 519 g/mol. The number of alkyl halides is 3. The van der Waals surface area contributed by atoms with Crippen molar-refractivity contribution in [3.05, 3.63) is 43.4 Å². The zero-order valence-electron chi connectivity index (χ0n) is 16.3. The Hall–Kier alpha value is -2.97. The maximum atomic E-state index is 13.4. The second-order valence-electron chi connectivity index (χ2n) is 5.91. The fourth-order valence-electron chi connectivity index (χ4n) is 2.36. The quantitative estimate of drug-likeness (QED) is 0.148. The Morgan fingerprint density at radius 1 is 1.09 bits per heavy atom. The molecule has 1 aromatic carbocycles. The van der Waals surface area contributed by atoms with Crippen molar-refractivity contribution in [1.82, 2.24) is 0 Å². The molecule has 0 N–H and O–H groups in total. The van der Waals surface area contributed by atoms with Crippen LogP contribution in [0.3, 0.4) is 0 Å². The van der Waals surface area contributed by atoms with Crippen molar-refractivity contribution in [2.24, 2.45) is 0 Å². The maximum Gasteiger partial charge on any atom is 0.511 e. The van der Waals surface area contributed by atoms with Crippen LogP contribution in [0.5, 0.6) is 5.75 Å². The standard InChI is InChI=1S/C17H14Cl2F3NO10/c18-10-5-9-6-11(14(17(20,21)22)33-13(9)12(19)7-10)15(24)30-8-31-16(25)29-3-1-28-2-4-32-23(26)27/h5-7,14H,1-4,8H2. The van der Waals surface area contributed by atoms with E-state index in [1.54, 1.807) is 0 Å². The number of hydrogen-bond donors (Lipinski definition) is 0. The lowest BCUT2D eigenvalue weighted by molar-refractivity contribution is -0.758. The third-order valence-electron chi connectivity index (χ3n) is 3.64. The van der Waals surface area contributed by atoms with Crippen molar-refractivity contribution in [3.8, 4) is 5.75 Å². The molecule has 0 saturated heterocycles. The first kappa shape index (κ1) is 26.3. The Balaban J connectivity index is 1.85. The molecule has 1 atom stereocenters. The first-order valence-corrected chi connectivity index (χ1v) is 9.50. The molecule has 0 bridgehead atoms. The summed E-state index contributed by atoms with van der Waals surface area (Å²) in [5, 5.41) is 8.81. The van der Waals surface area contributed by atoms with E-state index in [0.717, 1.165) is 6.08 Å². The molecular formula is C17H14Cl2F3NO10. The molecule has 1 aliphatic heterocycles. The van der Waals surface area contributed by atoms with Gasteiger partial charge in [0.1, 0.15) is 19.0 Å². The number of nitrogens with zero attached hydrogens (tertiary/aromatic N) is 1. The van der Waals surface area contributed by atoms with Gasteiger partial charge in [-0.15, -0.1) is 10.1 Å². The molecule has 0 amide bonds. The van der Waals surface area contributed by atoms with E-state index in [1.165, 1.54) is 12.1 Å². The number of carbonyl (C=O) groups is 2. The molecule has 0 radical (unpaired) electrons. The number of rotatable bonds is 10. The van der Waals surface area contributed by atoms with E-state index >= 15 is 0 Å². The first-order valence-electron chi connectivity index (χ1n) is 8.74. The van der Waals surface area contributed by atoms with Gasteiger partial charge in [0, 0.05) is 10.6 Å². The van der Waals surface area contributed by atoms with Crippen LogP contribution < -0.4 is 4.74 Å². The summed E-state index contributed by atoms with van der Waals surface area (Å²) >= 11 is 11.7. The fourth-order valence-corrected chi connectivity index (χ4v) is 2.91. The predicted octanol–water partition coefficient (Wildman–Crippen LogP) is 3.58. The molecule has 11 nitrogen and oxygen atoms in total. The van der Waals surface area contributed by atoms with Gasteiger partial charge in [0.15, 0.2) is 0 Å². The van der Waals surface area contributed by atoms with Gasteiger partial charge in [-0.2, -0.15) is 13.2 Å². The summed E-state index contributed by atoms with van der Waals surface area (Å²) in [6.07, 6.45) is -8.12. The van der Waals surface area contributed by atoms with Crippen LogP contribution in [-0.2, 0) is 28.6 Å². The Morgan fingerprint density at radius 3 is 2.45 bits per heavy atom. The minimum absolute atomic E-state index is 0.0175. The van der Waals surface area contributed by atoms with Gasteiger partial charge in [0.05, 0.1) is 23.8 Å². The van der Waals surface area contributed by atoms with Crippen molar-refractivity contribution < 1.29 is 56.4 Å². The Kier molecular flexibility index (Phi) is 9.37. The number of fused-ring (bicyclic) bond motifs is 1. The predicted molar refractivity (Wildman–Crippen MR) is 102 cm³/mol. The van der Waals surface area contributed by atoms with Gasteiger partial charge in [-0.05, 0) is 18.2 Å². The molecule has 0 fully saturated rings. The number of hydrogen-bond acceptors (Lipinski definition) is 10. The number of carbonyl (C=O) groups excluding carboxylic acids is 2. The lowest BCUT2D eigenvalue weighted by Gasteiger charge is -2.28. The van der Waals surface area contributed by atoms with Crippen LogP contribution >= 0.6 is 23.2 Å². The SMILES string of the molecule is O=C(OCCOCCO[N+](=O)[O-])OCOC(=O)C1=Cc2cc(Cl)cc(Cl)c2OC1C(F)(F)F. The lowest BCUT2D eigenvalue weighted by Crippen LogP contribution is -2.41. The van der Waals surface area contributed by atoms with Crippen molar-refractivity contribution in [1.29, 1.82) is 0 Å². The average Bonchev–Trinajstić information content (AvgIpc) is 2.71. The van der Waals surface area contributed by atoms with Crippen molar-refractivity contribution in [2.75, 3.05) is 33.2 Å². The number of ether oxygens (including phenoxy) is 5. The van der Waals surface area contributed by atoms with Gasteiger partial charge in [-0.3, -0.25) is 0 Å². The van der Waals surface area contributed by atoms with Crippen molar-refractivity contribution in [3.63, 3.8) is 0 Å². The molecule has 0 saturated carbocycles. The lowest BCUT2D eigenvalue weighted by atomic mass is 10.0. The summed E-state index contributed by atoms with van der Waals surface area (Å²) in [4.78, 5) is 37.4. The van der Waals surface area contributed by atoms with E-state index in [-0.39, 0.29) is 47.8 Å². The van der Waals surface area contributed by atoms with Gasteiger partial charge in [-0.25, -0.2) is 9.59 Å². The normalized spacial score (nSPS) is 14.9. The molecule has 0 spiro atoms. The van der Waals surface area contributed by atoms with E-state index in [0.29, 0.717) is 0 Å². The van der Waals surface area contributed by atoms with Crippen molar-refractivity contribution in [2.45, 2.75) is 12.3 Å². The van der Waals surface area contributed by atoms with Gasteiger partial charge >= 0.3 is 18.3 Å². The summed E-state index contributed by atoms with van der Waals surface area (Å²) in [5.74, 6) is -1.78. The van der Waals surface area contributed by atoms with Crippen molar-refractivity contribution >= 4 is 41.4 Å². The van der Waals surface area contributed by atoms with Crippen LogP contribution in [0.4, 0.5) is 18.0 Å². The van der Waals surface area contributed by atoms with Gasteiger partial charge in [0.2, 0.25) is 12.9 Å². The Labute approximate surface area is 192 Å². The van der Waals surface area contributed by atoms with Crippen LogP contribution in [0.25, 0.3) is 6.08 Å². The van der Waals surface area contributed by atoms with Crippen LogP contribution in [0.1, 0.15) is 5.56 Å². The van der Waals surface area contributed by atoms with Gasteiger partial charge in [-0.1, -0.05) is 23.2 Å². The molecule has 0 aromatic heterocycles. The highest BCUT2D eigenvalue weighted by atomic mass is 35.5. The summed E-state index contributed by atoms with van der Waals surface area (Å²) in [6, 6.07) is 2.42. The molecule has 1 aliphatic rings. The Morgan fingerprint density at radius 2 is 1.79 bits per heavy atom. The minimum Gasteiger partial charge on any atom is -0.474 e. The van der Waals surface area contributed by atoms with E-state index in [1.807, 2.05) is 0 Å². The topological polar surface area (TPSA) is 133 Å². The molecule has 182 valence electrons. The van der Waals surface area contributed by atoms with Crippen LogP contribution in [0, 0.1) is 10.1 Å². The maximum absolute atomic E-state index is 13.4. The van der Waals surface area contributed by atoms with Gasteiger partial charge in [0.25, 0.3) is 5.09 Å². The molecule has 1 aromatic rings. The summed E-state index contributed by atoms with van der Waals surface area (Å²) in [7, 11) is 0. The number of esters is 1. The third-order valence-corrected chi connectivity index (χ3v) is 4.14. The smallest absolute Gasteiger partial charge is 0.474 e. The molecule has 1 unspecified atom stereocenters. The van der Waals surface area contributed by atoms with E-state index in [9.17, 15) is 32.9 Å². The first-order chi connectivity index (χ1) is 15.5. The fraction of sp³-hybridized carbons (Fsp3) is 0.412. The van der Waals surface area contributed by atoms with Gasteiger partial charge < -0.3 is 28.5 Å². The van der Waals surface area contributed by atoms with Crippen LogP contribution in [0.2, 0.25) is 10.0 Å². The second kappa shape index (κ2) is 11.8. The minimum atomic E-state index is -4.99. The summed E-state index contributed by atoms with van der Waals surface area (Å²) in [5.41, 5.74) is -0.903. The highest BCUT2D eigenvalue weighted by Crippen LogP contribution is 2.42.